The van der Waals surface area contributed by atoms with Gasteiger partial charge >= 0.3 is 23.9 Å². The largest absolute Gasteiger partial charge is 0.462 e. The van der Waals surface area contributed by atoms with Crippen LogP contribution in [0.4, 0.5) is 4.79 Å². The van der Waals surface area contributed by atoms with Gasteiger partial charge in [-0.3, -0.25) is 19.2 Å². The molecule has 4 atom stereocenters. The predicted molar refractivity (Wildman–Crippen MR) is 303 cm³/mol. The zero-order valence-electron chi connectivity index (χ0n) is 46.1. The Labute approximate surface area is 450 Å². The fourth-order valence-electron chi connectivity index (χ4n) is 10.1. The maximum Gasteiger partial charge on any atom is 0.315 e. The highest BCUT2D eigenvalue weighted by Gasteiger charge is 2.42. The second-order valence-corrected chi connectivity index (χ2v) is 23.1. The molecule has 0 bridgehead atoms. The Balaban J connectivity index is 1.53. The molecule has 0 aromatic carbocycles. The summed E-state index contributed by atoms with van der Waals surface area (Å²) in [7, 11) is 0. The maximum atomic E-state index is 12.9. The van der Waals surface area contributed by atoms with Crippen molar-refractivity contribution in [1.29, 1.82) is 0 Å². The van der Waals surface area contributed by atoms with Crippen LogP contribution in [-0.2, 0) is 33.4 Å². The second-order valence-electron chi connectivity index (χ2n) is 21.4. The van der Waals surface area contributed by atoms with Crippen LogP contribution in [0.15, 0.2) is 0 Å². The van der Waals surface area contributed by atoms with Gasteiger partial charge in [-0.1, -0.05) is 219 Å². The molecule has 3 amide bonds. The maximum absolute atomic E-state index is 12.9. The van der Waals surface area contributed by atoms with E-state index in [0.717, 1.165) is 127 Å². The number of ether oxygens (including phenoxy) is 3. The molecule has 11 nitrogen and oxygen atoms in total. The van der Waals surface area contributed by atoms with Gasteiger partial charge in [0.25, 0.3) is 0 Å². The first kappa shape index (κ1) is 66.0. The van der Waals surface area contributed by atoms with Gasteiger partial charge in [0.2, 0.25) is 5.91 Å². The molecule has 0 spiro atoms. The molecule has 0 aromatic rings. The molecular formula is C59H109N3O8S2. The predicted octanol–water partition coefficient (Wildman–Crippen LogP) is 15.4. The Morgan fingerprint density at radius 2 is 0.903 bits per heavy atom. The minimum Gasteiger partial charge on any atom is -0.462 e. The van der Waals surface area contributed by atoms with Gasteiger partial charge in [0.05, 0.1) is 12.1 Å². The molecule has 2 aliphatic heterocycles. The summed E-state index contributed by atoms with van der Waals surface area (Å²) in [5, 5.41) is 9.54. The van der Waals surface area contributed by atoms with Crippen molar-refractivity contribution in [2.45, 2.75) is 313 Å². The average molecular weight is 1050 g/mol. The second kappa shape index (κ2) is 48.5. The Morgan fingerprint density at radius 1 is 0.514 bits per heavy atom. The number of carbonyl (C=O) groups excluding carboxylic acids is 5. The molecule has 0 radical (unpaired) electrons. The van der Waals surface area contributed by atoms with E-state index in [0.29, 0.717) is 24.5 Å². The van der Waals surface area contributed by atoms with Crippen LogP contribution in [0.25, 0.3) is 0 Å². The first-order valence-electron chi connectivity index (χ1n) is 30.4. The fourth-order valence-corrected chi connectivity index (χ4v) is 11.8. The third-order valence-electron chi connectivity index (χ3n) is 14.6. The lowest BCUT2D eigenvalue weighted by Crippen LogP contribution is -2.36. The lowest BCUT2D eigenvalue weighted by Gasteiger charge is -2.18. The molecule has 2 fully saturated rings. The van der Waals surface area contributed by atoms with E-state index in [-0.39, 0.29) is 61.6 Å². The molecule has 2 rings (SSSR count). The molecular weight excluding hydrogens is 943 g/mol. The number of amides is 3. The van der Waals surface area contributed by atoms with Crippen molar-refractivity contribution in [3.05, 3.63) is 0 Å². The minimum atomic E-state index is -0.802. The van der Waals surface area contributed by atoms with Crippen LogP contribution in [0.3, 0.4) is 0 Å². The molecule has 0 aromatic heterocycles. The van der Waals surface area contributed by atoms with Crippen LogP contribution in [-0.4, -0.2) is 84.5 Å². The van der Waals surface area contributed by atoms with Crippen molar-refractivity contribution in [2.24, 2.45) is 0 Å². The summed E-state index contributed by atoms with van der Waals surface area (Å²) in [6.45, 7) is 2.81. The fraction of sp³-hybridized carbons (Fsp3) is 0.915. The average Bonchev–Trinajstić information content (AvgIpc) is 3.93. The van der Waals surface area contributed by atoms with Crippen molar-refractivity contribution in [3.8, 4) is 0 Å². The number of carbonyl (C=O) groups is 5. The highest BCUT2D eigenvalue weighted by molar-refractivity contribution is 8.00. The summed E-state index contributed by atoms with van der Waals surface area (Å²) < 4.78 is 16.9. The summed E-state index contributed by atoms with van der Waals surface area (Å²) in [5.74, 6) is 1.18. The zero-order chi connectivity index (χ0) is 51.8. The Morgan fingerprint density at radius 3 is 1.35 bits per heavy atom. The molecule has 2 aliphatic rings. The Bertz CT molecular complexity index is 1340. The van der Waals surface area contributed by atoms with E-state index in [1.807, 2.05) is 11.8 Å². The summed E-state index contributed by atoms with van der Waals surface area (Å²) >= 11 is 6.21. The molecule has 72 heavy (non-hydrogen) atoms. The molecule has 4 unspecified atom stereocenters. The number of thiol groups is 1. The monoisotopic (exact) mass is 1050 g/mol. The van der Waals surface area contributed by atoms with E-state index in [4.69, 9.17) is 14.2 Å². The summed E-state index contributed by atoms with van der Waals surface area (Å²) in [6.07, 6.45) is 48.0. The van der Waals surface area contributed by atoms with Crippen LogP contribution in [0.5, 0.6) is 0 Å². The SMILES string of the molecule is CCCCCCCCCCCCCCCCCC(=O)OCC(COC(=O)CCCCCCCCCCCCCCCS)OC(=O)CCCCCCCCCCCNC(=O)CCCCC1SCC2NC(=O)NC21. The lowest BCUT2D eigenvalue weighted by molar-refractivity contribution is -0.167. The van der Waals surface area contributed by atoms with Gasteiger partial charge in [0, 0.05) is 43.2 Å². The number of urea groups is 1. The Hall–Kier alpha value is -2.15. The summed E-state index contributed by atoms with van der Waals surface area (Å²) in [5.41, 5.74) is 0. The molecule has 3 N–H and O–H groups in total. The van der Waals surface area contributed by atoms with Gasteiger partial charge in [-0.25, -0.2) is 4.79 Å². The summed E-state index contributed by atoms with van der Waals surface area (Å²) in [4.78, 5) is 62.1. The van der Waals surface area contributed by atoms with Crippen LogP contribution in [0.1, 0.15) is 289 Å². The van der Waals surface area contributed by atoms with Crippen molar-refractivity contribution < 1.29 is 38.2 Å². The number of hydrogen-bond donors (Lipinski definition) is 4. The molecule has 0 aliphatic carbocycles. The lowest BCUT2D eigenvalue weighted by atomic mass is 10.0. The van der Waals surface area contributed by atoms with E-state index in [1.54, 1.807) is 0 Å². The smallest absolute Gasteiger partial charge is 0.315 e. The van der Waals surface area contributed by atoms with E-state index < -0.39 is 6.10 Å². The molecule has 13 heteroatoms. The number of thioether (sulfide) groups is 1. The number of esters is 3. The van der Waals surface area contributed by atoms with Gasteiger partial charge in [-0.2, -0.15) is 24.4 Å². The number of rotatable bonds is 53. The van der Waals surface area contributed by atoms with E-state index in [1.165, 1.54) is 148 Å². The number of nitrogens with one attached hydrogen (secondary N) is 3. The van der Waals surface area contributed by atoms with E-state index >= 15 is 0 Å². The normalized spacial score (nSPS) is 16.5. The van der Waals surface area contributed by atoms with Gasteiger partial charge in [-0.05, 0) is 50.7 Å². The van der Waals surface area contributed by atoms with Crippen LogP contribution in [0.2, 0.25) is 0 Å². The Kier molecular flexibility index (Phi) is 44.4. The first-order chi connectivity index (χ1) is 35.3. The summed E-state index contributed by atoms with van der Waals surface area (Å²) in [6, 6.07) is 0.434. The molecule has 2 saturated heterocycles. The standard InChI is InChI=1S/C59H109N3O8S2/c1-2-3-4-5-6-7-8-9-10-12-15-19-24-29-34-43-55(64)68-48-51(49-69-56(65)44-35-30-25-20-16-13-11-14-17-23-28-33-40-47-71)70-57(66)45-36-31-26-21-18-22-27-32-39-46-60-54(63)42-38-37-41-53-58-52(50-72-53)61-59(67)62-58/h51-53,58,71H,2-50H2,1H3,(H,60,63)(H2,61,62,67). The van der Waals surface area contributed by atoms with Crippen molar-refractivity contribution in [1.82, 2.24) is 16.0 Å². The third-order valence-corrected chi connectivity index (χ3v) is 16.5. The zero-order valence-corrected chi connectivity index (χ0v) is 47.8. The van der Waals surface area contributed by atoms with E-state index in [9.17, 15) is 24.0 Å². The number of fused-ring (bicyclic) bond motifs is 1. The topological polar surface area (TPSA) is 149 Å². The highest BCUT2D eigenvalue weighted by Crippen LogP contribution is 2.33. The van der Waals surface area contributed by atoms with E-state index in [2.05, 4.69) is 35.5 Å². The molecule has 420 valence electrons. The quantitative estimate of drug-likeness (QED) is 0.0154. The van der Waals surface area contributed by atoms with Crippen LogP contribution < -0.4 is 16.0 Å². The minimum absolute atomic E-state index is 0.0490. The van der Waals surface area contributed by atoms with Gasteiger partial charge in [-0.15, -0.1) is 0 Å². The van der Waals surface area contributed by atoms with Crippen molar-refractivity contribution in [3.63, 3.8) is 0 Å². The van der Waals surface area contributed by atoms with Crippen molar-refractivity contribution in [2.75, 3.05) is 31.3 Å². The van der Waals surface area contributed by atoms with Gasteiger partial charge < -0.3 is 30.2 Å². The molecule has 0 saturated carbocycles. The first-order valence-corrected chi connectivity index (χ1v) is 32.1. The van der Waals surface area contributed by atoms with Gasteiger partial charge in [0.15, 0.2) is 6.10 Å². The van der Waals surface area contributed by atoms with Crippen molar-refractivity contribution >= 4 is 54.2 Å². The third kappa shape index (κ3) is 39.3. The van der Waals surface area contributed by atoms with Crippen LogP contribution in [0, 0.1) is 0 Å². The number of hydrogen-bond acceptors (Lipinski definition) is 10. The van der Waals surface area contributed by atoms with Gasteiger partial charge in [0.1, 0.15) is 13.2 Å². The molecule has 2 heterocycles. The highest BCUT2D eigenvalue weighted by atomic mass is 32.2. The van der Waals surface area contributed by atoms with Crippen LogP contribution >= 0.6 is 24.4 Å². The number of unbranched alkanes of at least 4 members (excludes halogenated alkanes) is 35.